The number of hydrogen-bond acceptors (Lipinski definition) is 4. The second kappa shape index (κ2) is 7.18. The number of anilines is 2. The molecule has 0 aliphatic carbocycles. The largest absolute Gasteiger partial charge is 0.573 e. The quantitative estimate of drug-likeness (QED) is 0.670. The molecule has 0 amide bonds. The molecular formula is C18H16F3N3O3. The lowest BCUT2D eigenvalue weighted by molar-refractivity contribution is -0.274. The molecule has 3 rings (SSSR count). The first-order valence-corrected chi connectivity index (χ1v) is 8.01. The second-order valence-electron chi connectivity index (χ2n) is 5.91. The minimum absolute atomic E-state index is 0.0375. The Bertz CT molecular complexity index is 966. The molecule has 1 heterocycles. The van der Waals surface area contributed by atoms with E-state index in [1.165, 1.54) is 24.3 Å². The molecule has 0 saturated carbocycles. The summed E-state index contributed by atoms with van der Waals surface area (Å²) < 4.78 is 42.3. The lowest BCUT2D eigenvalue weighted by Crippen LogP contribution is -2.17. The SMILES string of the molecule is Cn1c(Nc2ccc(OC(F)(F)F)cc2)nc2cc(CCC(=O)O)ccc21. The van der Waals surface area contributed by atoms with Crippen molar-refractivity contribution in [2.75, 3.05) is 5.32 Å². The van der Waals surface area contributed by atoms with Crippen molar-refractivity contribution in [1.82, 2.24) is 9.55 Å². The van der Waals surface area contributed by atoms with Crippen LogP contribution in [0.15, 0.2) is 42.5 Å². The van der Waals surface area contributed by atoms with Crippen molar-refractivity contribution in [1.29, 1.82) is 0 Å². The van der Waals surface area contributed by atoms with Crippen LogP contribution in [-0.2, 0) is 18.3 Å². The number of aryl methyl sites for hydroxylation is 2. The summed E-state index contributed by atoms with van der Waals surface area (Å²) >= 11 is 0. The summed E-state index contributed by atoms with van der Waals surface area (Å²) in [4.78, 5) is 15.2. The Balaban J connectivity index is 1.78. The van der Waals surface area contributed by atoms with E-state index in [1.807, 2.05) is 18.2 Å². The third-order valence-electron chi connectivity index (χ3n) is 3.92. The molecule has 2 N–H and O–H groups in total. The predicted molar refractivity (Wildman–Crippen MR) is 93.1 cm³/mol. The number of ether oxygens (including phenoxy) is 1. The number of carbonyl (C=O) groups is 1. The van der Waals surface area contributed by atoms with E-state index in [9.17, 15) is 18.0 Å². The maximum absolute atomic E-state index is 12.2. The summed E-state index contributed by atoms with van der Waals surface area (Å²) in [5.74, 6) is -0.664. The Morgan fingerprint density at radius 2 is 1.93 bits per heavy atom. The summed E-state index contributed by atoms with van der Waals surface area (Å²) in [5.41, 5.74) is 2.95. The average molecular weight is 379 g/mol. The smallest absolute Gasteiger partial charge is 0.481 e. The highest BCUT2D eigenvalue weighted by Gasteiger charge is 2.30. The van der Waals surface area contributed by atoms with Gasteiger partial charge in [-0.3, -0.25) is 4.79 Å². The van der Waals surface area contributed by atoms with Crippen molar-refractivity contribution in [3.05, 3.63) is 48.0 Å². The molecule has 0 aliphatic rings. The standard InChI is InChI=1S/C18H16F3N3O3/c1-24-15-8-2-11(3-9-16(25)26)10-14(15)23-17(24)22-12-4-6-13(7-5-12)27-18(19,20)21/h2,4-8,10H,3,9H2,1H3,(H,22,23)(H,25,26). The van der Waals surface area contributed by atoms with Gasteiger partial charge in [0, 0.05) is 19.2 Å². The molecule has 9 heteroatoms. The first-order valence-electron chi connectivity index (χ1n) is 8.01. The molecule has 0 fully saturated rings. The summed E-state index contributed by atoms with van der Waals surface area (Å²) in [5, 5.41) is 11.8. The number of benzene rings is 2. The molecular weight excluding hydrogens is 363 g/mol. The molecule has 0 aliphatic heterocycles. The summed E-state index contributed by atoms with van der Waals surface area (Å²) in [6.45, 7) is 0. The molecule has 1 aromatic heterocycles. The zero-order valence-corrected chi connectivity index (χ0v) is 14.2. The fraction of sp³-hybridized carbons (Fsp3) is 0.222. The molecule has 27 heavy (non-hydrogen) atoms. The van der Waals surface area contributed by atoms with Gasteiger partial charge in [0.05, 0.1) is 11.0 Å². The number of alkyl halides is 3. The molecule has 0 bridgehead atoms. The van der Waals surface area contributed by atoms with Crippen LogP contribution in [0.1, 0.15) is 12.0 Å². The van der Waals surface area contributed by atoms with Gasteiger partial charge < -0.3 is 19.7 Å². The lowest BCUT2D eigenvalue weighted by atomic mass is 10.1. The van der Waals surface area contributed by atoms with Crippen LogP contribution in [-0.4, -0.2) is 27.0 Å². The highest BCUT2D eigenvalue weighted by atomic mass is 19.4. The van der Waals surface area contributed by atoms with Crippen molar-refractivity contribution in [2.24, 2.45) is 7.05 Å². The minimum Gasteiger partial charge on any atom is -0.481 e. The summed E-state index contributed by atoms with van der Waals surface area (Å²) in [6.07, 6.45) is -4.29. The first kappa shape index (κ1) is 18.6. The van der Waals surface area contributed by atoms with Gasteiger partial charge >= 0.3 is 12.3 Å². The molecule has 0 radical (unpaired) electrons. The van der Waals surface area contributed by atoms with Gasteiger partial charge in [-0.25, -0.2) is 4.98 Å². The maximum Gasteiger partial charge on any atom is 0.573 e. The van der Waals surface area contributed by atoms with E-state index in [0.29, 0.717) is 23.6 Å². The Labute approximate surface area is 152 Å². The topological polar surface area (TPSA) is 76.4 Å². The van der Waals surface area contributed by atoms with Gasteiger partial charge in [-0.05, 0) is 48.4 Å². The van der Waals surface area contributed by atoms with Crippen molar-refractivity contribution in [2.45, 2.75) is 19.2 Å². The summed E-state index contributed by atoms with van der Waals surface area (Å²) in [6, 6.07) is 10.9. The Hall–Kier alpha value is -3.23. The van der Waals surface area contributed by atoms with Gasteiger partial charge in [-0.2, -0.15) is 0 Å². The highest BCUT2D eigenvalue weighted by molar-refractivity contribution is 5.80. The number of nitrogens with one attached hydrogen (secondary N) is 1. The van der Waals surface area contributed by atoms with Gasteiger partial charge in [-0.15, -0.1) is 13.2 Å². The molecule has 3 aromatic rings. The fourth-order valence-corrected chi connectivity index (χ4v) is 2.63. The van der Waals surface area contributed by atoms with Crippen LogP contribution in [0, 0.1) is 0 Å². The number of halogens is 3. The Morgan fingerprint density at radius 3 is 2.56 bits per heavy atom. The van der Waals surface area contributed by atoms with Crippen LogP contribution in [0.25, 0.3) is 11.0 Å². The van der Waals surface area contributed by atoms with Crippen molar-refractivity contribution >= 4 is 28.6 Å². The van der Waals surface area contributed by atoms with Gasteiger partial charge in [0.25, 0.3) is 0 Å². The van der Waals surface area contributed by atoms with Crippen molar-refractivity contribution in [3.63, 3.8) is 0 Å². The monoisotopic (exact) mass is 379 g/mol. The average Bonchev–Trinajstić information content (AvgIpc) is 2.89. The van der Waals surface area contributed by atoms with Crippen molar-refractivity contribution < 1.29 is 27.8 Å². The lowest BCUT2D eigenvalue weighted by Gasteiger charge is -2.10. The van der Waals surface area contributed by atoms with E-state index in [4.69, 9.17) is 5.11 Å². The Morgan fingerprint density at radius 1 is 1.22 bits per heavy atom. The van der Waals surface area contributed by atoms with Crippen molar-refractivity contribution in [3.8, 4) is 5.75 Å². The predicted octanol–water partition coefficient (Wildman–Crippen LogP) is 4.23. The zero-order chi connectivity index (χ0) is 19.6. The normalized spacial score (nSPS) is 11.6. The maximum atomic E-state index is 12.2. The first-order chi connectivity index (χ1) is 12.7. The molecule has 142 valence electrons. The van der Waals surface area contributed by atoms with Crippen LogP contribution < -0.4 is 10.1 Å². The third kappa shape index (κ3) is 4.69. The highest BCUT2D eigenvalue weighted by Crippen LogP contribution is 2.26. The van der Waals surface area contributed by atoms with Gasteiger partial charge in [0.2, 0.25) is 5.95 Å². The van der Waals surface area contributed by atoms with Crippen LogP contribution in [0.4, 0.5) is 24.8 Å². The second-order valence-corrected chi connectivity index (χ2v) is 5.91. The van der Waals surface area contributed by atoms with Gasteiger partial charge in [-0.1, -0.05) is 6.07 Å². The van der Waals surface area contributed by atoms with E-state index in [2.05, 4.69) is 15.0 Å². The van der Waals surface area contributed by atoms with Crippen LogP contribution in [0.2, 0.25) is 0 Å². The van der Waals surface area contributed by atoms with E-state index in [-0.39, 0.29) is 12.2 Å². The number of rotatable bonds is 6. The molecule has 0 spiro atoms. The van der Waals surface area contributed by atoms with Gasteiger partial charge in [0.15, 0.2) is 0 Å². The molecule has 0 atom stereocenters. The number of carboxylic acids is 1. The number of imidazole rings is 1. The summed E-state index contributed by atoms with van der Waals surface area (Å²) in [7, 11) is 1.80. The van der Waals surface area contributed by atoms with E-state index in [1.54, 1.807) is 11.6 Å². The van der Waals surface area contributed by atoms with Crippen LogP contribution in [0.3, 0.4) is 0 Å². The molecule has 0 saturated heterocycles. The molecule has 6 nitrogen and oxygen atoms in total. The fourth-order valence-electron chi connectivity index (χ4n) is 2.63. The Kier molecular flexibility index (Phi) is 4.93. The number of carboxylic acid groups (broad SMARTS) is 1. The number of hydrogen-bond donors (Lipinski definition) is 2. The number of aromatic nitrogens is 2. The third-order valence-corrected chi connectivity index (χ3v) is 3.92. The number of nitrogens with zero attached hydrogens (tertiary/aromatic N) is 2. The molecule has 0 unspecified atom stereocenters. The van der Waals surface area contributed by atoms with Crippen LogP contribution in [0.5, 0.6) is 5.75 Å². The molecule has 2 aromatic carbocycles. The number of aliphatic carboxylic acids is 1. The van der Waals surface area contributed by atoms with E-state index >= 15 is 0 Å². The van der Waals surface area contributed by atoms with Gasteiger partial charge in [0.1, 0.15) is 5.75 Å². The number of fused-ring (bicyclic) bond motifs is 1. The van der Waals surface area contributed by atoms with E-state index < -0.39 is 12.3 Å². The minimum atomic E-state index is -4.73. The van der Waals surface area contributed by atoms with E-state index in [0.717, 1.165) is 11.1 Å². The zero-order valence-electron chi connectivity index (χ0n) is 14.2. The van der Waals surface area contributed by atoms with Crippen LogP contribution >= 0.6 is 0 Å².